The predicted octanol–water partition coefficient (Wildman–Crippen LogP) is 2.42. The molecule has 0 bridgehead atoms. The average molecular weight is 397 g/mol. The lowest BCUT2D eigenvalue weighted by atomic mass is 9.88. The second-order valence-corrected chi connectivity index (χ2v) is 5.91. The third-order valence-electron chi connectivity index (χ3n) is 4.20. The SMILES string of the molecule is CC(C(=O)NCCNc1ccc(C(F)(F)F)cc1[N+](=O)[O-])C1CNC1.Cl. The van der Waals surface area contributed by atoms with Crippen LogP contribution in [0.5, 0.6) is 0 Å². The summed E-state index contributed by atoms with van der Waals surface area (Å²) in [6.07, 6.45) is -4.65. The summed E-state index contributed by atoms with van der Waals surface area (Å²) in [6, 6.07) is 2.29. The first-order valence-electron chi connectivity index (χ1n) is 7.78. The molecular weight excluding hydrogens is 377 g/mol. The summed E-state index contributed by atoms with van der Waals surface area (Å²) in [5.74, 6) is 0.0424. The zero-order chi connectivity index (χ0) is 18.6. The number of nitro groups is 1. The molecule has 2 rings (SSSR count). The van der Waals surface area contributed by atoms with Gasteiger partial charge in [-0.3, -0.25) is 14.9 Å². The molecule has 26 heavy (non-hydrogen) atoms. The maximum absolute atomic E-state index is 12.6. The Labute approximate surface area is 154 Å². The number of halogens is 4. The van der Waals surface area contributed by atoms with Crippen LogP contribution in [0.15, 0.2) is 18.2 Å². The van der Waals surface area contributed by atoms with Crippen LogP contribution < -0.4 is 16.0 Å². The molecule has 1 heterocycles. The van der Waals surface area contributed by atoms with Gasteiger partial charge in [0.25, 0.3) is 5.69 Å². The quantitative estimate of drug-likeness (QED) is 0.373. The topological polar surface area (TPSA) is 96.3 Å². The third-order valence-corrected chi connectivity index (χ3v) is 4.20. The fraction of sp³-hybridized carbons (Fsp3) is 0.533. The number of carbonyl (C=O) groups excluding carboxylic acids is 1. The standard InChI is InChI=1S/C15H19F3N4O3.ClH/c1-9(10-7-19-8-10)14(23)21-5-4-20-12-3-2-11(15(16,17)18)6-13(12)22(24)25;/h2-3,6,9-10,19-20H,4-5,7-8H2,1H3,(H,21,23);1H. The Morgan fingerprint density at radius 3 is 2.54 bits per heavy atom. The summed E-state index contributed by atoms with van der Waals surface area (Å²) < 4.78 is 37.9. The number of amides is 1. The second kappa shape index (κ2) is 9.04. The maximum atomic E-state index is 12.6. The van der Waals surface area contributed by atoms with Gasteiger partial charge >= 0.3 is 6.18 Å². The van der Waals surface area contributed by atoms with Crippen LogP contribution in [0.4, 0.5) is 24.5 Å². The van der Waals surface area contributed by atoms with E-state index in [-0.39, 0.29) is 43.0 Å². The molecule has 11 heteroatoms. The Hall–Kier alpha value is -2.07. The molecule has 3 N–H and O–H groups in total. The van der Waals surface area contributed by atoms with Gasteiger partial charge in [-0.05, 0) is 31.1 Å². The van der Waals surface area contributed by atoms with Crippen LogP contribution >= 0.6 is 12.4 Å². The van der Waals surface area contributed by atoms with Crippen molar-refractivity contribution in [2.24, 2.45) is 11.8 Å². The van der Waals surface area contributed by atoms with Crippen molar-refractivity contribution in [2.75, 3.05) is 31.5 Å². The van der Waals surface area contributed by atoms with E-state index in [1.54, 1.807) is 0 Å². The summed E-state index contributed by atoms with van der Waals surface area (Å²) in [7, 11) is 0. The van der Waals surface area contributed by atoms with E-state index >= 15 is 0 Å². The highest BCUT2D eigenvalue weighted by Crippen LogP contribution is 2.34. The Morgan fingerprint density at radius 1 is 1.38 bits per heavy atom. The van der Waals surface area contributed by atoms with E-state index in [0.29, 0.717) is 12.0 Å². The molecule has 7 nitrogen and oxygen atoms in total. The molecule has 146 valence electrons. The largest absolute Gasteiger partial charge is 0.416 e. The summed E-state index contributed by atoms with van der Waals surface area (Å²) in [5, 5.41) is 19.4. The zero-order valence-electron chi connectivity index (χ0n) is 13.9. The first-order chi connectivity index (χ1) is 11.7. The molecule has 1 atom stereocenters. The van der Waals surface area contributed by atoms with Crippen LogP contribution in [0.25, 0.3) is 0 Å². The number of alkyl halides is 3. The molecule has 0 radical (unpaired) electrons. The molecule has 0 aliphatic carbocycles. The third kappa shape index (κ3) is 5.46. The van der Waals surface area contributed by atoms with Crippen LogP contribution in [-0.2, 0) is 11.0 Å². The molecule has 1 aromatic carbocycles. The number of hydrogen-bond acceptors (Lipinski definition) is 5. The lowest BCUT2D eigenvalue weighted by molar-refractivity contribution is -0.384. The number of benzene rings is 1. The van der Waals surface area contributed by atoms with Gasteiger partial charge in [-0.1, -0.05) is 6.92 Å². The Bertz CT molecular complexity index is 654. The van der Waals surface area contributed by atoms with E-state index in [1.165, 1.54) is 0 Å². The lowest BCUT2D eigenvalue weighted by Crippen LogP contribution is -2.50. The zero-order valence-corrected chi connectivity index (χ0v) is 14.7. The molecule has 1 aliphatic heterocycles. The summed E-state index contributed by atoms with van der Waals surface area (Å²) >= 11 is 0. The van der Waals surface area contributed by atoms with E-state index in [9.17, 15) is 28.1 Å². The van der Waals surface area contributed by atoms with Crippen LogP contribution in [-0.4, -0.2) is 37.0 Å². The first kappa shape index (κ1) is 22.0. The minimum atomic E-state index is -4.65. The van der Waals surface area contributed by atoms with Crippen LogP contribution in [0, 0.1) is 22.0 Å². The van der Waals surface area contributed by atoms with Crippen molar-refractivity contribution in [3.8, 4) is 0 Å². The Kier molecular flexibility index (Phi) is 7.64. The molecule has 1 amide bonds. The molecule has 1 aliphatic rings. The molecule has 1 saturated heterocycles. The number of nitrogens with zero attached hydrogens (tertiary/aromatic N) is 1. The number of hydrogen-bond donors (Lipinski definition) is 3. The molecular formula is C15H20ClF3N4O3. The highest BCUT2D eigenvalue weighted by atomic mass is 35.5. The summed E-state index contributed by atoms with van der Waals surface area (Å²) in [6.45, 7) is 3.79. The van der Waals surface area contributed by atoms with Crippen molar-refractivity contribution < 1.29 is 22.9 Å². The normalized spacial score (nSPS) is 15.4. The molecule has 0 aromatic heterocycles. The highest BCUT2D eigenvalue weighted by molar-refractivity contribution is 5.85. The molecule has 1 unspecified atom stereocenters. The van der Waals surface area contributed by atoms with Crippen LogP contribution in [0.2, 0.25) is 0 Å². The Morgan fingerprint density at radius 2 is 2.04 bits per heavy atom. The van der Waals surface area contributed by atoms with Gasteiger partial charge in [0, 0.05) is 25.1 Å². The highest BCUT2D eigenvalue weighted by Gasteiger charge is 2.33. The van der Waals surface area contributed by atoms with Crippen molar-refractivity contribution in [3.63, 3.8) is 0 Å². The number of nitro benzene ring substituents is 1. The van der Waals surface area contributed by atoms with E-state index < -0.39 is 22.4 Å². The van der Waals surface area contributed by atoms with Gasteiger partial charge < -0.3 is 16.0 Å². The van der Waals surface area contributed by atoms with E-state index in [0.717, 1.165) is 25.2 Å². The van der Waals surface area contributed by atoms with Gasteiger partial charge in [0.05, 0.1) is 10.5 Å². The lowest BCUT2D eigenvalue weighted by Gasteiger charge is -2.31. The van der Waals surface area contributed by atoms with E-state index in [1.807, 2.05) is 6.92 Å². The van der Waals surface area contributed by atoms with Crippen LogP contribution in [0.3, 0.4) is 0 Å². The van der Waals surface area contributed by atoms with Crippen molar-refractivity contribution in [3.05, 3.63) is 33.9 Å². The van der Waals surface area contributed by atoms with Gasteiger partial charge in [0.2, 0.25) is 5.91 Å². The molecule has 1 aromatic rings. The fourth-order valence-electron chi connectivity index (χ4n) is 2.43. The van der Waals surface area contributed by atoms with Gasteiger partial charge in [-0.15, -0.1) is 12.4 Å². The smallest absolute Gasteiger partial charge is 0.378 e. The van der Waals surface area contributed by atoms with Gasteiger partial charge in [-0.25, -0.2) is 0 Å². The van der Waals surface area contributed by atoms with Crippen molar-refractivity contribution >= 4 is 29.7 Å². The van der Waals surface area contributed by atoms with Gasteiger partial charge in [0.15, 0.2) is 0 Å². The van der Waals surface area contributed by atoms with Crippen molar-refractivity contribution in [2.45, 2.75) is 13.1 Å². The number of rotatable bonds is 7. The second-order valence-electron chi connectivity index (χ2n) is 5.91. The number of nitrogens with one attached hydrogen (secondary N) is 3. The molecule has 1 fully saturated rings. The fourth-order valence-corrected chi connectivity index (χ4v) is 2.43. The van der Waals surface area contributed by atoms with Crippen molar-refractivity contribution in [1.29, 1.82) is 0 Å². The van der Waals surface area contributed by atoms with Gasteiger partial charge in [0.1, 0.15) is 5.69 Å². The van der Waals surface area contributed by atoms with Crippen LogP contribution in [0.1, 0.15) is 12.5 Å². The predicted molar refractivity (Wildman–Crippen MR) is 92.4 cm³/mol. The Balaban J connectivity index is 0.00000338. The van der Waals surface area contributed by atoms with Gasteiger partial charge in [-0.2, -0.15) is 13.2 Å². The average Bonchev–Trinajstić information content (AvgIpc) is 2.48. The summed E-state index contributed by atoms with van der Waals surface area (Å²) in [4.78, 5) is 22.0. The minimum absolute atomic E-state index is 0. The first-order valence-corrected chi connectivity index (χ1v) is 7.78. The molecule has 0 saturated carbocycles. The van der Waals surface area contributed by atoms with Crippen molar-refractivity contribution in [1.82, 2.24) is 10.6 Å². The summed E-state index contributed by atoms with van der Waals surface area (Å²) in [5.41, 5.74) is -1.76. The van der Waals surface area contributed by atoms with E-state index in [4.69, 9.17) is 0 Å². The van der Waals surface area contributed by atoms with E-state index in [2.05, 4.69) is 16.0 Å². The molecule has 0 spiro atoms. The number of anilines is 1. The maximum Gasteiger partial charge on any atom is 0.416 e. The number of carbonyl (C=O) groups is 1. The monoisotopic (exact) mass is 396 g/mol. The minimum Gasteiger partial charge on any atom is -0.378 e.